The van der Waals surface area contributed by atoms with Crippen LogP contribution < -0.4 is 0 Å². The minimum absolute atomic E-state index is 2.07. The van der Waals surface area contributed by atoms with E-state index in [0.29, 0.717) is 0 Å². The highest BCUT2D eigenvalue weighted by Gasteiger charge is 2.82. The molecule has 1 nitrogen and oxygen atoms in total. The molecule has 0 rings (SSSR count). The van der Waals surface area contributed by atoms with E-state index in [1.54, 1.807) is 0 Å². The van der Waals surface area contributed by atoms with Gasteiger partial charge in [0.05, 0.1) is 0 Å². The molecule has 0 saturated carbocycles. The summed E-state index contributed by atoms with van der Waals surface area (Å²) >= 11 is 0. The van der Waals surface area contributed by atoms with E-state index in [2.05, 4.69) is 4.74 Å². The zero-order valence-corrected chi connectivity index (χ0v) is 13.7. The predicted octanol–water partition coefficient (Wildman–Crippen LogP) is 7.05. The molecule has 192 valence electrons. The van der Waals surface area contributed by atoms with Crippen molar-refractivity contribution < 1.29 is 92.5 Å². The largest absolute Gasteiger partial charge is 0.460 e. The summed E-state index contributed by atoms with van der Waals surface area (Å²) in [5, 5.41) is 0. The molecule has 0 aliphatic rings. The number of alkyl halides is 18. The molecule has 0 aliphatic heterocycles. The van der Waals surface area contributed by atoms with Gasteiger partial charge in [0, 0.05) is 0 Å². The second-order valence-corrected chi connectivity index (χ2v) is 5.43. The van der Waals surface area contributed by atoms with Crippen molar-refractivity contribution in [2.24, 2.45) is 0 Å². The lowest BCUT2D eigenvalue weighted by atomic mass is 10.0. The number of allylic oxidation sites excluding steroid dienone is 1. The Morgan fingerprint density at radius 3 is 1.12 bits per heavy atom. The van der Waals surface area contributed by atoms with Crippen LogP contribution in [0.15, 0.2) is 11.7 Å². The highest BCUT2D eigenvalue weighted by Crippen LogP contribution is 2.54. The van der Waals surface area contributed by atoms with E-state index < -0.39 is 66.3 Å². The summed E-state index contributed by atoms with van der Waals surface area (Å²) in [6.07, 6.45) is -21.8. The lowest BCUT2D eigenvalue weighted by Gasteiger charge is -2.34. The second-order valence-electron chi connectivity index (χ2n) is 5.43. The molecule has 0 bridgehead atoms. The van der Waals surface area contributed by atoms with Gasteiger partial charge in [-0.05, 0) is 0 Å². The normalized spacial score (nSPS) is 16.9. The van der Waals surface area contributed by atoms with E-state index in [4.69, 9.17) is 0 Å². The van der Waals surface area contributed by atoms with E-state index >= 15 is 0 Å². The molecule has 0 aliphatic carbocycles. The fourth-order valence-electron chi connectivity index (χ4n) is 1.32. The first-order chi connectivity index (χ1) is 13.5. The van der Waals surface area contributed by atoms with E-state index in [1.807, 2.05) is 0 Å². The minimum Gasteiger partial charge on any atom is -0.308 e. The molecule has 21 heteroatoms. The van der Waals surface area contributed by atoms with Crippen molar-refractivity contribution in [3.63, 3.8) is 0 Å². The van der Waals surface area contributed by atoms with Gasteiger partial charge in [0.2, 0.25) is 11.7 Å². The summed E-state index contributed by atoms with van der Waals surface area (Å²) in [5.74, 6) is -47.5. The summed E-state index contributed by atoms with van der Waals surface area (Å²) in [6.45, 7) is -4.14. The van der Waals surface area contributed by atoms with Gasteiger partial charge in [-0.25, -0.2) is 4.39 Å². The molecule has 0 N–H and O–H groups in total. The van der Waals surface area contributed by atoms with Gasteiger partial charge in [-0.1, -0.05) is 0 Å². The summed E-state index contributed by atoms with van der Waals surface area (Å²) in [6, 6.07) is 0. The Morgan fingerprint density at radius 1 is 0.469 bits per heavy atom. The van der Waals surface area contributed by atoms with Crippen LogP contribution in [0.4, 0.5) is 87.8 Å². The first kappa shape index (κ1) is 30.3. The Labute approximate surface area is 160 Å². The molecule has 0 radical (unpaired) electrons. The van der Waals surface area contributed by atoms with Crippen molar-refractivity contribution in [2.45, 2.75) is 48.1 Å². The van der Waals surface area contributed by atoms with Gasteiger partial charge in [-0.15, -0.1) is 0 Å². The number of halogens is 20. The molecule has 0 unspecified atom stereocenters. The average Bonchev–Trinajstić information content (AvgIpc) is 2.56. The molecule has 0 aromatic carbocycles. The Balaban J connectivity index is 6.08. The van der Waals surface area contributed by atoms with Crippen LogP contribution in [-0.2, 0) is 4.74 Å². The fourth-order valence-corrected chi connectivity index (χ4v) is 1.32. The fraction of sp³-hybridized carbons (Fsp3) is 0.818. The van der Waals surface area contributed by atoms with Gasteiger partial charge in [0.15, 0.2) is 0 Å². The number of hydrogen-bond acceptors (Lipinski definition) is 1. The van der Waals surface area contributed by atoms with E-state index in [-0.39, 0.29) is 0 Å². The van der Waals surface area contributed by atoms with Crippen LogP contribution in [0.5, 0.6) is 0 Å². The molecule has 0 heterocycles. The second kappa shape index (κ2) is 7.96. The predicted molar refractivity (Wildman–Crippen MR) is 57.0 cm³/mol. The molecule has 32 heavy (non-hydrogen) atoms. The molecule has 0 aromatic heterocycles. The molecular weight excluding hydrogens is 528 g/mol. The lowest BCUT2D eigenvalue weighted by molar-refractivity contribution is -0.405. The van der Waals surface area contributed by atoms with Crippen LogP contribution in [0.2, 0.25) is 0 Å². The summed E-state index contributed by atoms with van der Waals surface area (Å²) in [4.78, 5) is 0. The molecular formula is C11H2F20O. The molecule has 0 spiro atoms. The zero-order valence-electron chi connectivity index (χ0n) is 13.7. The smallest absolute Gasteiger partial charge is 0.308 e. The van der Waals surface area contributed by atoms with E-state index in [0.717, 1.165) is 0 Å². The maximum absolute atomic E-state index is 13.0. The van der Waals surface area contributed by atoms with Crippen LogP contribution in [0.3, 0.4) is 0 Å². The van der Waals surface area contributed by atoms with E-state index in [1.165, 1.54) is 0 Å². The highest BCUT2D eigenvalue weighted by atomic mass is 19.4. The Bertz CT molecular complexity index is 708. The van der Waals surface area contributed by atoms with Crippen molar-refractivity contribution >= 4 is 0 Å². The first-order valence-electron chi connectivity index (χ1n) is 6.63. The van der Waals surface area contributed by atoms with Crippen molar-refractivity contribution in [3.8, 4) is 0 Å². The van der Waals surface area contributed by atoms with Crippen molar-refractivity contribution in [1.82, 2.24) is 0 Å². The monoisotopic (exact) mass is 530 g/mol. The van der Waals surface area contributed by atoms with Crippen molar-refractivity contribution in [3.05, 3.63) is 11.7 Å². The van der Waals surface area contributed by atoms with Gasteiger partial charge >= 0.3 is 48.1 Å². The lowest BCUT2D eigenvalue weighted by Crippen LogP contribution is -2.62. The quantitative estimate of drug-likeness (QED) is 0.306. The third kappa shape index (κ3) is 4.80. The topological polar surface area (TPSA) is 9.23 Å². The third-order valence-corrected chi connectivity index (χ3v) is 3.12. The van der Waals surface area contributed by atoms with Crippen LogP contribution in [0.25, 0.3) is 0 Å². The van der Waals surface area contributed by atoms with E-state index in [9.17, 15) is 87.8 Å². The number of rotatable bonds is 8. The number of hydrogen-bond donors (Lipinski definition) is 0. The van der Waals surface area contributed by atoms with Crippen molar-refractivity contribution in [2.75, 3.05) is 6.61 Å². The van der Waals surface area contributed by atoms with Crippen LogP contribution >= 0.6 is 0 Å². The molecule has 0 amide bonds. The first-order valence-corrected chi connectivity index (χ1v) is 6.63. The van der Waals surface area contributed by atoms with Gasteiger partial charge in [-0.3, -0.25) is 0 Å². The maximum Gasteiger partial charge on any atom is 0.460 e. The zero-order chi connectivity index (χ0) is 26.6. The maximum atomic E-state index is 13.0. The Hall–Kier alpha value is -1.70. The van der Waals surface area contributed by atoms with Gasteiger partial charge in [-0.2, -0.15) is 83.4 Å². The average molecular weight is 530 g/mol. The SMILES string of the molecule is FC(=C(F)C(F)(F)C(F)(F)C(F)(F)F)C(F)(F)OCC(F)(F)C(F)(F)C(F)(F)C(F)(F)F. The van der Waals surface area contributed by atoms with Gasteiger partial charge < -0.3 is 4.74 Å². The number of ether oxygens (including phenoxy) is 1. The Kier molecular flexibility index (Phi) is 7.54. The molecule has 0 aromatic rings. The molecule has 0 fully saturated rings. The Morgan fingerprint density at radius 2 is 0.812 bits per heavy atom. The third-order valence-electron chi connectivity index (χ3n) is 3.12. The summed E-state index contributed by atoms with van der Waals surface area (Å²) in [7, 11) is 0. The highest BCUT2D eigenvalue weighted by molar-refractivity contribution is 5.19. The van der Waals surface area contributed by atoms with Crippen LogP contribution in [0, 0.1) is 0 Å². The van der Waals surface area contributed by atoms with Gasteiger partial charge in [0.25, 0.3) is 0 Å². The minimum atomic E-state index is -7.69. The molecule has 0 atom stereocenters. The summed E-state index contributed by atoms with van der Waals surface area (Å²) in [5.41, 5.74) is 0. The summed E-state index contributed by atoms with van der Waals surface area (Å²) < 4.78 is 252. The van der Waals surface area contributed by atoms with Crippen molar-refractivity contribution in [1.29, 1.82) is 0 Å². The molecule has 0 saturated heterocycles. The standard InChI is InChI=1S/C11H2F20O/c12-2(5(16,17)8(22,23)10(26,27)28)3(13)6(18,19)32-1-4(14,15)7(20,21)9(24,25)11(29,30)31/h1H2. The van der Waals surface area contributed by atoms with Gasteiger partial charge in [0.1, 0.15) is 6.61 Å². The van der Waals surface area contributed by atoms with Crippen LogP contribution in [0.1, 0.15) is 0 Å². The van der Waals surface area contributed by atoms with Crippen LogP contribution in [-0.4, -0.2) is 54.7 Å².